The number of hydrogen-bond donors (Lipinski definition) is 1. The molecule has 27 heavy (non-hydrogen) atoms. The van der Waals surface area contributed by atoms with Crippen LogP contribution in [0.2, 0.25) is 0 Å². The van der Waals surface area contributed by atoms with Gasteiger partial charge in [0.15, 0.2) is 5.65 Å². The van der Waals surface area contributed by atoms with Gasteiger partial charge in [0.25, 0.3) is 5.91 Å². The van der Waals surface area contributed by atoms with Crippen LogP contribution < -0.4 is 0 Å². The molecule has 2 atom stereocenters. The number of thiazole rings is 1. The third-order valence-corrected chi connectivity index (χ3v) is 6.05. The molecule has 3 aromatic rings. The molecule has 6 heterocycles. The minimum Gasteiger partial charge on any atom is -0.334 e. The SMILES string of the molecule is O=C(c1ccc2cn[nH]c2n1)N1C[C@@H]2CC[C@H](C1)N(Cc1cscn1)C2=O. The molecule has 138 valence electrons. The molecule has 3 aromatic heterocycles. The van der Waals surface area contributed by atoms with Crippen LogP contribution in [-0.4, -0.2) is 60.9 Å². The second-order valence-electron chi connectivity index (χ2n) is 7.09. The van der Waals surface area contributed by atoms with Crippen LogP contribution in [0.15, 0.2) is 29.2 Å². The summed E-state index contributed by atoms with van der Waals surface area (Å²) in [5.41, 5.74) is 3.67. The molecule has 8 nitrogen and oxygen atoms in total. The van der Waals surface area contributed by atoms with Crippen LogP contribution in [0, 0.1) is 5.92 Å². The van der Waals surface area contributed by atoms with Crippen molar-refractivity contribution in [2.75, 3.05) is 13.1 Å². The number of hydrogen-bond acceptors (Lipinski definition) is 6. The summed E-state index contributed by atoms with van der Waals surface area (Å²) in [5, 5.41) is 9.59. The first kappa shape index (κ1) is 16.4. The number of pyridine rings is 1. The van der Waals surface area contributed by atoms with Crippen LogP contribution in [-0.2, 0) is 11.3 Å². The van der Waals surface area contributed by atoms with E-state index >= 15 is 0 Å². The van der Waals surface area contributed by atoms with Crippen LogP contribution in [0.3, 0.4) is 0 Å². The van der Waals surface area contributed by atoms with E-state index in [4.69, 9.17) is 0 Å². The van der Waals surface area contributed by atoms with E-state index in [0.29, 0.717) is 31.0 Å². The summed E-state index contributed by atoms with van der Waals surface area (Å²) in [7, 11) is 0. The van der Waals surface area contributed by atoms with E-state index in [1.165, 1.54) is 11.3 Å². The Kier molecular flexibility index (Phi) is 3.89. The fourth-order valence-corrected chi connectivity index (χ4v) is 4.56. The first-order valence-electron chi connectivity index (χ1n) is 8.96. The molecule has 0 radical (unpaired) electrons. The standard InChI is InChI=1S/C18H18N6O2S/c25-17-12-1-3-14(24(17)7-13-9-27-10-19-13)8-23(6-12)18(26)15-4-2-11-5-20-22-16(11)21-15/h2,4-5,9-10,12,14H,1,3,6-8H2,(H,20,21,22)/t12-,14+/m0/s1. The predicted molar refractivity (Wildman–Crippen MR) is 99.0 cm³/mol. The van der Waals surface area contributed by atoms with E-state index in [-0.39, 0.29) is 23.8 Å². The highest BCUT2D eigenvalue weighted by atomic mass is 32.1. The van der Waals surface area contributed by atoms with Gasteiger partial charge in [0.05, 0.1) is 29.9 Å². The summed E-state index contributed by atoms with van der Waals surface area (Å²) in [4.78, 5) is 38.4. The molecule has 0 spiro atoms. The minimum atomic E-state index is -0.151. The number of H-pyrrole nitrogens is 1. The molecule has 9 heteroatoms. The van der Waals surface area contributed by atoms with Crippen LogP contribution >= 0.6 is 11.3 Å². The maximum absolute atomic E-state index is 13.1. The highest BCUT2D eigenvalue weighted by Gasteiger charge is 2.42. The molecule has 3 saturated heterocycles. The van der Waals surface area contributed by atoms with E-state index in [9.17, 15) is 9.59 Å². The number of carbonyl (C=O) groups is 2. The number of fused-ring (bicyclic) bond motifs is 5. The van der Waals surface area contributed by atoms with Crippen molar-refractivity contribution in [3.63, 3.8) is 0 Å². The molecule has 3 aliphatic rings. The van der Waals surface area contributed by atoms with Crippen molar-refractivity contribution in [3.8, 4) is 0 Å². The molecule has 6 rings (SSSR count). The Balaban J connectivity index is 1.40. The van der Waals surface area contributed by atoms with Crippen molar-refractivity contribution in [2.45, 2.75) is 25.4 Å². The maximum Gasteiger partial charge on any atom is 0.272 e. The third kappa shape index (κ3) is 2.87. The van der Waals surface area contributed by atoms with Crippen LogP contribution in [0.5, 0.6) is 0 Å². The van der Waals surface area contributed by atoms with Crippen molar-refractivity contribution in [2.24, 2.45) is 5.92 Å². The van der Waals surface area contributed by atoms with E-state index in [1.807, 2.05) is 16.3 Å². The molecule has 2 amide bonds. The van der Waals surface area contributed by atoms with E-state index in [1.54, 1.807) is 22.7 Å². The topological polar surface area (TPSA) is 95.1 Å². The van der Waals surface area contributed by atoms with Gasteiger partial charge in [-0.3, -0.25) is 14.7 Å². The molecule has 1 N–H and O–H groups in total. The number of carbonyl (C=O) groups excluding carboxylic acids is 2. The molecule has 3 aliphatic heterocycles. The van der Waals surface area contributed by atoms with Gasteiger partial charge in [0.2, 0.25) is 5.91 Å². The van der Waals surface area contributed by atoms with Gasteiger partial charge in [-0.1, -0.05) is 0 Å². The smallest absolute Gasteiger partial charge is 0.272 e. The zero-order chi connectivity index (χ0) is 18.4. The summed E-state index contributed by atoms with van der Waals surface area (Å²) in [6, 6.07) is 3.59. The highest BCUT2D eigenvalue weighted by Crippen LogP contribution is 2.31. The number of rotatable bonds is 3. The lowest BCUT2D eigenvalue weighted by atomic mass is 9.94. The highest BCUT2D eigenvalue weighted by molar-refractivity contribution is 7.07. The number of amides is 2. The van der Waals surface area contributed by atoms with Gasteiger partial charge < -0.3 is 9.80 Å². The van der Waals surface area contributed by atoms with Crippen LogP contribution in [0.25, 0.3) is 11.0 Å². The molecule has 0 saturated carbocycles. The molecule has 0 aromatic carbocycles. The molecular formula is C18H18N6O2S. The number of aromatic nitrogens is 4. The van der Waals surface area contributed by atoms with Gasteiger partial charge in [-0.15, -0.1) is 11.3 Å². The minimum absolute atomic E-state index is 0.0257. The maximum atomic E-state index is 13.1. The van der Waals surface area contributed by atoms with Gasteiger partial charge >= 0.3 is 0 Å². The first-order chi connectivity index (χ1) is 13.2. The number of nitrogens with zero attached hydrogens (tertiary/aromatic N) is 5. The summed E-state index contributed by atoms with van der Waals surface area (Å²) in [5.74, 6) is -0.152. The number of nitrogens with one attached hydrogen (secondary N) is 1. The molecular weight excluding hydrogens is 364 g/mol. The Bertz CT molecular complexity index is 1000. The van der Waals surface area contributed by atoms with Crippen molar-refractivity contribution in [1.29, 1.82) is 0 Å². The van der Waals surface area contributed by atoms with E-state index < -0.39 is 0 Å². The second-order valence-corrected chi connectivity index (χ2v) is 7.81. The van der Waals surface area contributed by atoms with Crippen molar-refractivity contribution in [3.05, 3.63) is 40.6 Å². The fraction of sp³-hybridized carbons (Fsp3) is 0.389. The summed E-state index contributed by atoms with van der Waals surface area (Å²) < 4.78 is 0. The van der Waals surface area contributed by atoms with Gasteiger partial charge in [-0.25, -0.2) is 9.97 Å². The Morgan fingerprint density at radius 1 is 1.30 bits per heavy atom. The number of piperidine rings is 1. The Morgan fingerprint density at radius 3 is 3.07 bits per heavy atom. The zero-order valence-electron chi connectivity index (χ0n) is 14.5. The Labute approximate surface area is 159 Å². The average molecular weight is 382 g/mol. The van der Waals surface area contributed by atoms with Gasteiger partial charge in [0, 0.05) is 29.9 Å². The van der Waals surface area contributed by atoms with Crippen molar-refractivity contribution >= 4 is 34.2 Å². The van der Waals surface area contributed by atoms with Gasteiger partial charge in [-0.2, -0.15) is 5.10 Å². The second kappa shape index (κ2) is 6.41. The quantitative estimate of drug-likeness (QED) is 0.744. The molecule has 0 unspecified atom stereocenters. The summed E-state index contributed by atoms with van der Waals surface area (Å²) in [6.45, 7) is 1.50. The van der Waals surface area contributed by atoms with Gasteiger partial charge in [-0.05, 0) is 25.0 Å². The Hall–Kier alpha value is -2.81. The van der Waals surface area contributed by atoms with Crippen molar-refractivity contribution in [1.82, 2.24) is 30.0 Å². The molecule has 0 aliphatic carbocycles. The van der Waals surface area contributed by atoms with E-state index in [2.05, 4.69) is 20.2 Å². The van der Waals surface area contributed by atoms with Crippen LogP contribution in [0.4, 0.5) is 0 Å². The summed E-state index contributed by atoms with van der Waals surface area (Å²) in [6.07, 6.45) is 3.42. The van der Waals surface area contributed by atoms with E-state index in [0.717, 1.165) is 23.9 Å². The molecule has 3 fully saturated rings. The molecule has 2 bridgehead atoms. The normalized spacial score (nSPS) is 22.4. The zero-order valence-corrected chi connectivity index (χ0v) is 15.4. The summed E-state index contributed by atoms with van der Waals surface area (Å²) >= 11 is 1.53. The van der Waals surface area contributed by atoms with Crippen LogP contribution in [0.1, 0.15) is 29.0 Å². The first-order valence-corrected chi connectivity index (χ1v) is 9.90. The van der Waals surface area contributed by atoms with Gasteiger partial charge in [0.1, 0.15) is 5.69 Å². The number of aromatic amines is 1. The predicted octanol–water partition coefficient (Wildman–Crippen LogP) is 1.68. The fourth-order valence-electron chi connectivity index (χ4n) is 4.01. The van der Waals surface area contributed by atoms with Crippen molar-refractivity contribution < 1.29 is 9.59 Å². The largest absolute Gasteiger partial charge is 0.334 e. The Morgan fingerprint density at radius 2 is 2.22 bits per heavy atom. The third-order valence-electron chi connectivity index (χ3n) is 5.42. The lowest BCUT2D eigenvalue weighted by Gasteiger charge is -2.35. The average Bonchev–Trinajstić information content (AvgIpc) is 3.29. The lowest BCUT2D eigenvalue weighted by Crippen LogP contribution is -2.47. The monoisotopic (exact) mass is 382 g/mol. The lowest BCUT2D eigenvalue weighted by molar-refractivity contribution is -0.140.